The molecule has 256 valence electrons. The van der Waals surface area contributed by atoms with Crippen molar-refractivity contribution in [2.75, 3.05) is 82.3 Å². The summed E-state index contributed by atoms with van der Waals surface area (Å²) in [6.07, 6.45) is 4.97. The summed E-state index contributed by atoms with van der Waals surface area (Å²) in [5.41, 5.74) is 7.74. The number of hydrogen-bond donors (Lipinski definition) is 2. The van der Waals surface area contributed by atoms with Crippen LogP contribution in [0.25, 0.3) is 11.3 Å². The molecular formula is C35H46BrN8O2PS. The third kappa shape index (κ3) is 7.73. The molecule has 10 nitrogen and oxygen atoms in total. The highest BCUT2D eigenvalue weighted by atomic mass is 79.9. The first kappa shape index (κ1) is 34.8. The number of nitrogens with one attached hydrogen (secondary N) is 2. The smallest absolute Gasteiger partial charge is 0.229 e. The van der Waals surface area contributed by atoms with Gasteiger partial charge in [-0.1, -0.05) is 13.0 Å². The first-order chi connectivity index (χ1) is 23.0. The normalized spacial score (nSPS) is 16.7. The molecule has 0 aliphatic carbocycles. The number of benzene rings is 2. The number of nitrogens with zero attached hydrogens (tertiary/aromatic N) is 6. The second-order valence-electron chi connectivity index (χ2n) is 13.1. The van der Waals surface area contributed by atoms with Crippen LogP contribution in [0.4, 0.5) is 28.8 Å². The van der Waals surface area contributed by atoms with Crippen molar-refractivity contribution in [3.63, 3.8) is 0 Å². The van der Waals surface area contributed by atoms with Crippen molar-refractivity contribution in [2.45, 2.75) is 39.2 Å². The topological polar surface area (TPSA) is 98.7 Å². The SMILES string of the molecule is CCc1cc(Nc2ncc(Br)c(Nc3ccc(-c4ncsc4C)cc3P(C)(C)=O)n2)c(OC)cc1N1CCC(N2CCN(C)CC2)CC1. The van der Waals surface area contributed by atoms with Crippen LogP contribution in [0.3, 0.4) is 0 Å². The van der Waals surface area contributed by atoms with Gasteiger partial charge in [-0.05, 0) is 86.3 Å². The Morgan fingerprint density at radius 2 is 1.77 bits per heavy atom. The Morgan fingerprint density at radius 3 is 2.42 bits per heavy atom. The molecule has 2 aromatic heterocycles. The molecule has 2 aromatic carbocycles. The van der Waals surface area contributed by atoms with Gasteiger partial charge in [-0.15, -0.1) is 11.3 Å². The summed E-state index contributed by atoms with van der Waals surface area (Å²) >= 11 is 5.21. The Bertz CT molecular complexity index is 1800. The summed E-state index contributed by atoms with van der Waals surface area (Å²) in [7, 11) is 1.27. The summed E-state index contributed by atoms with van der Waals surface area (Å²) < 4.78 is 20.1. The number of piperidine rings is 1. The molecule has 0 saturated carbocycles. The third-order valence-electron chi connectivity index (χ3n) is 9.48. The number of ether oxygens (including phenoxy) is 1. The number of anilines is 5. The molecule has 2 fully saturated rings. The Kier molecular flexibility index (Phi) is 10.8. The van der Waals surface area contributed by atoms with Crippen LogP contribution < -0.4 is 25.6 Å². The lowest BCUT2D eigenvalue weighted by molar-refractivity contribution is 0.0982. The maximum absolute atomic E-state index is 13.5. The van der Waals surface area contributed by atoms with Crippen molar-refractivity contribution >= 4 is 68.5 Å². The molecule has 2 N–H and O–H groups in total. The average Bonchev–Trinajstić information content (AvgIpc) is 3.51. The zero-order chi connectivity index (χ0) is 34.0. The second-order valence-corrected chi connectivity index (χ2v) is 18.2. The van der Waals surface area contributed by atoms with Crippen LogP contribution in [0.1, 0.15) is 30.2 Å². The van der Waals surface area contributed by atoms with Crippen molar-refractivity contribution in [2.24, 2.45) is 0 Å². The number of hydrogen-bond acceptors (Lipinski definition) is 11. The lowest BCUT2D eigenvalue weighted by Crippen LogP contribution is -2.52. The number of thiazole rings is 1. The van der Waals surface area contributed by atoms with Crippen LogP contribution in [-0.2, 0) is 11.0 Å². The number of methoxy groups -OCH3 is 1. The van der Waals surface area contributed by atoms with Gasteiger partial charge in [-0.3, -0.25) is 4.90 Å². The number of aryl methyl sites for hydroxylation is 2. The Hall–Kier alpha value is -3.02. The molecule has 4 aromatic rings. The molecule has 4 heterocycles. The number of piperazine rings is 1. The highest BCUT2D eigenvalue weighted by Crippen LogP contribution is 2.41. The minimum atomic E-state index is -2.65. The zero-order valence-corrected chi connectivity index (χ0v) is 32.0. The van der Waals surface area contributed by atoms with Gasteiger partial charge in [0.2, 0.25) is 5.95 Å². The van der Waals surface area contributed by atoms with Crippen LogP contribution in [0.5, 0.6) is 5.75 Å². The van der Waals surface area contributed by atoms with E-state index in [1.54, 1.807) is 38.0 Å². The van der Waals surface area contributed by atoms with E-state index in [1.165, 1.54) is 37.2 Å². The summed E-state index contributed by atoms with van der Waals surface area (Å²) in [5, 5.41) is 7.58. The molecule has 2 aliphatic rings. The second kappa shape index (κ2) is 14.8. The van der Waals surface area contributed by atoms with Gasteiger partial charge in [0.05, 0.1) is 34.2 Å². The fourth-order valence-electron chi connectivity index (χ4n) is 6.69. The summed E-state index contributed by atoms with van der Waals surface area (Å²) in [5.74, 6) is 1.74. The maximum Gasteiger partial charge on any atom is 0.229 e. The largest absolute Gasteiger partial charge is 0.494 e. The fourth-order valence-corrected chi connectivity index (χ4v) is 8.74. The molecule has 13 heteroatoms. The molecule has 48 heavy (non-hydrogen) atoms. The average molecular weight is 754 g/mol. The van der Waals surface area contributed by atoms with Gasteiger partial charge in [0, 0.05) is 79.0 Å². The Morgan fingerprint density at radius 1 is 1.02 bits per heavy atom. The first-order valence-corrected chi connectivity index (χ1v) is 20.9. The van der Waals surface area contributed by atoms with Gasteiger partial charge in [-0.2, -0.15) is 4.98 Å². The van der Waals surface area contributed by atoms with Crippen molar-refractivity contribution in [1.29, 1.82) is 0 Å². The quantitative estimate of drug-likeness (QED) is 0.162. The number of halogens is 1. The highest BCUT2D eigenvalue weighted by Gasteiger charge is 2.28. The van der Waals surface area contributed by atoms with E-state index in [0.29, 0.717) is 22.3 Å². The molecular weight excluding hydrogens is 707 g/mol. The van der Waals surface area contributed by atoms with Gasteiger partial charge >= 0.3 is 0 Å². The number of rotatable bonds is 10. The Balaban J connectivity index is 1.21. The Labute approximate surface area is 296 Å². The molecule has 6 rings (SSSR count). The van der Waals surface area contributed by atoms with Gasteiger partial charge < -0.3 is 29.7 Å². The van der Waals surface area contributed by atoms with Gasteiger partial charge in [0.25, 0.3) is 0 Å². The lowest BCUT2D eigenvalue weighted by Gasteiger charge is -2.43. The van der Waals surface area contributed by atoms with Crippen LogP contribution in [0, 0.1) is 6.92 Å². The maximum atomic E-state index is 13.5. The van der Waals surface area contributed by atoms with E-state index in [9.17, 15) is 4.57 Å². The minimum Gasteiger partial charge on any atom is -0.494 e. The van der Waals surface area contributed by atoms with Crippen molar-refractivity contribution in [3.05, 3.63) is 57.0 Å². The fraction of sp³-hybridized carbons (Fsp3) is 0.457. The van der Waals surface area contributed by atoms with Crippen LogP contribution >= 0.6 is 34.4 Å². The van der Waals surface area contributed by atoms with E-state index < -0.39 is 7.14 Å². The van der Waals surface area contributed by atoms with E-state index in [2.05, 4.69) is 77.3 Å². The standard InChI is InChI=1S/C35H46BrN8O2PS/c1-7-24-18-29(31(46-4)20-30(24)44-12-10-26(11-13-44)43-16-14-42(3)15-17-43)40-35-37-21-27(36)34(41-35)39-28-9-8-25(19-32(28)47(5,6)45)33-23(2)48-22-38-33/h8-9,18-22,26H,7,10-17H2,1-6H3,(H2,37,39,40,41). The molecule has 0 spiro atoms. The number of likely N-dealkylation sites (N-methyl/N-ethyl adjacent to an activating group) is 1. The third-order valence-corrected chi connectivity index (χ3v) is 12.3. The molecule has 0 unspecified atom stereocenters. The van der Waals surface area contributed by atoms with Crippen LogP contribution in [0.15, 0.2) is 46.5 Å². The highest BCUT2D eigenvalue weighted by molar-refractivity contribution is 9.10. The molecule has 2 saturated heterocycles. The number of aromatic nitrogens is 3. The summed E-state index contributed by atoms with van der Waals surface area (Å²) in [6.45, 7) is 14.6. The summed E-state index contributed by atoms with van der Waals surface area (Å²) in [4.78, 5) is 22.7. The van der Waals surface area contributed by atoms with E-state index in [-0.39, 0.29) is 0 Å². The van der Waals surface area contributed by atoms with E-state index in [1.807, 2.05) is 30.6 Å². The predicted molar refractivity (Wildman–Crippen MR) is 204 cm³/mol. The van der Waals surface area contributed by atoms with Crippen molar-refractivity contribution < 1.29 is 9.30 Å². The van der Waals surface area contributed by atoms with E-state index >= 15 is 0 Å². The summed E-state index contributed by atoms with van der Waals surface area (Å²) in [6, 6.07) is 10.9. The molecule has 0 radical (unpaired) electrons. The van der Waals surface area contributed by atoms with E-state index in [4.69, 9.17) is 9.72 Å². The van der Waals surface area contributed by atoms with Crippen LogP contribution in [-0.4, -0.2) is 97.5 Å². The predicted octanol–water partition coefficient (Wildman–Crippen LogP) is 7.19. The van der Waals surface area contributed by atoms with Gasteiger partial charge in [0.15, 0.2) is 0 Å². The van der Waals surface area contributed by atoms with Crippen molar-refractivity contribution in [1.82, 2.24) is 24.8 Å². The molecule has 0 amide bonds. The van der Waals surface area contributed by atoms with Gasteiger partial charge in [-0.25, -0.2) is 9.97 Å². The van der Waals surface area contributed by atoms with E-state index in [0.717, 1.165) is 71.2 Å². The lowest BCUT2D eigenvalue weighted by atomic mass is 9.99. The molecule has 0 bridgehead atoms. The van der Waals surface area contributed by atoms with Crippen molar-refractivity contribution in [3.8, 4) is 17.0 Å². The molecule has 0 atom stereocenters. The minimum absolute atomic E-state index is 0.425. The molecule has 2 aliphatic heterocycles. The zero-order valence-electron chi connectivity index (χ0n) is 28.7. The monoisotopic (exact) mass is 752 g/mol. The van der Waals surface area contributed by atoms with Crippen LogP contribution in [0.2, 0.25) is 0 Å². The van der Waals surface area contributed by atoms with Gasteiger partial charge in [0.1, 0.15) is 18.7 Å². The first-order valence-electron chi connectivity index (χ1n) is 16.6.